The van der Waals surface area contributed by atoms with E-state index in [0.717, 1.165) is 19.3 Å². The fourth-order valence-corrected chi connectivity index (χ4v) is 1.72. The van der Waals surface area contributed by atoms with Crippen LogP contribution in [0.15, 0.2) is 4.79 Å². The zero-order valence-electron chi connectivity index (χ0n) is 10.6. The van der Waals surface area contributed by atoms with Crippen molar-refractivity contribution in [2.75, 3.05) is 0 Å². The minimum Gasteiger partial charge on any atom is -0.507 e. The number of carbonyl (C=O) groups excluding carboxylic acids is 1. The molecule has 0 bridgehead atoms. The molecule has 0 radical (unpaired) electrons. The highest BCUT2D eigenvalue weighted by Gasteiger charge is 2.18. The molecular weight excluding hydrogens is 218 g/mol. The number of hydrogen-bond donors (Lipinski definition) is 2. The first-order chi connectivity index (χ1) is 7.99. The number of Topliss-reactive ketones (excluding diaryl/α,β-unsaturated/α-hetero) is 1. The van der Waals surface area contributed by atoms with Gasteiger partial charge in [-0.15, -0.1) is 0 Å². The molecule has 0 fully saturated rings. The first-order valence-corrected chi connectivity index (χ1v) is 5.94. The van der Waals surface area contributed by atoms with Crippen LogP contribution in [0.5, 0.6) is 5.75 Å². The Labute approximate surface area is 101 Å². The van der Waals surface area contributed by atoms with E-state index in [2.05, 4.69) is 4.98 Å². The Kier molecular flexibility index (Phi) is 4.49. The van der Waals surface area contributed by atoms with Crippen molar-refractivity contribution in [1.82, 2.24) is 4.98 Å². The average molecular weight is 237 g/mol. The summed E-state index contributed by atoms with van der Waals surface area (Å²) in [6, 6.07) is 0. The monoisotopic (exact) mass is 237 g/mol. The molecular formula is C13H19NO3. The van der Waals surface area contributed by atoms with Gasteiger partial charge in [0.1, 0.15) is 11.3 Å². The van der Waals surface area contributed by atoms with Gasteiger partial charge in [0, 0.05) is 17.7 Å². The molecule has 1 rings (SSSR count). The van der Waals surface area contributed by atoms with Crippen molar-refractivity contribution < 1.29 is 9.90 Å². The Morgan fingerprint density at radius 2 is 1.94 bits per heavy atom. The van der Waals surface area contributed by atoms with E-state index in [1.165, 1.54) is 0 Å². The zero-order chi connectivity index (χ0) is 13.0. The number of aromatic nitrogens is 1. The van der Waals surface area contributed by atoms with Crippen LogP contribution < -0.4 is 5.56 Å². The molecule has 4 heteroatoms. The minimum atomic E-state index is -0.493. The predicted molar refractivity (Wildman–Crippen MR) is 66.7 cm³/mol. The van der Waals surface area contributed by atoms with Gasteiger partial charge in [-0.1, -0.05) is 19.8 Å². The van der Waals surface area contributed by atoms with Gasteiger partial charge in [0.05, 0.1) is 0 Å². The molecule has 0 saturated heterocycles. The van der Waals surface area contributed by atoms with E-state index in [0.29, 0.717) is 17.7 Å². The standard InChI is InChI=1S/C13H19NO3/c1-4-5-6-7-10(15)11-12(16)8(2)9(3)14-13(11)17/h4-7H2,1-3H3,(H2,14,16,17). The second kappa shape index (κ2) is 5.66. The number of H-pyrrole nitrogens is 1. The number of rotatable bonds is 5. The molecule has 4 nitrogen and oxygen atoms in total. The molecule has 1 aromatic rings. The number of ketones is 1. The third-order valence-electron chi connectivity index (χ3n) is 2.97. The van der Waals surface area contributed by atoms with Crippen LogP contribution in [0.3, 0.4) is 0 Å². The number of aryl methyl sites for hydroxylation is 1. The maximum atomic E-state index is 11.8. The van der Waals surface area contributed by atoms with Crippen molar-refractivity contribution in [3.8, 4) is 5.75 Å². The second-order valence-corrected chi connectivity index (χ2v) is 4.31. The van der Waals surface area contributed by atoms with Crippen molar-refractivity contribution in [3.63, 3.8) is 0 Å². The van der Waals surface area contributed by atoms with Crippen LogP contribution in [0.1, 0.15) is 54.2 Å². The lowest BCUT2D eigenvalue weighted by Gasteiger charge is -2.07. The second-order valence-electron chi connectivity index (χ2n) is 4.31. The summed E-state index contributed by atoms with van der Waals surface area (Å²) in [5.41, 5.74) is 0.567. The molecule has 2 N–H and O–H groups in total. The van der Waals surface area contributed by atoms with Crippen molar-refractivity contribution in [2.24, 2.45) is 0 Å². The van der Waals surface area contributed by atoms with Crippen LogP contribution in [-0.4, -0.2) is 15.9 Å². The van der Waals surface area contributed by atoms with Crippen LogP contribution in [0, 0.1) is 13.8 Å². The Morgan fingerprint density at radius 1 is 1.29 bits per heavy atom. The zero-order valence-corrected chi connectivity index (χ0v) is 10.6. The molecule has 17 heavy (non-hydrogen) atoms. The lowest BCUT2D eigenvalue weighted by atomic mass is 10.0. The maximum Gasteiger partial charge on any atom is 0.262 e. The Bertz CT molecular complexity index is 474. The number of aromatic hydroxyl groups is 1. The van der Waals surface area contributed by atoms with Crippen LogP contribution in [0.2, 0.25) is 0 Å². The van der Waals surface area contributed by atoms with Gasteiger partial charge in [-0.3, -0.25) is 9.59 Å². The summed E-state index contributed by atoms with van der Waals surface area (Å²) in [6.45, 7) is 5.43. The van der Waals surface area contributed by atoms with Crippen LogP contribution in [0.4, 0.5) is 0 Å². The van der Waals surface area contributed by atoms with Gasteiger partial charge < -0.3 is 10.1 Å². The highest BCUT2D eigenvalue weighted by molar-refractivity contribution is 5.98. The first-order valence-electron chi connectivity index (χ1n) is 5.94. The third kappa shape index (κ3) is 2.96. The van der Waals surface area contributed by atoms with Crippen LogP contribution in [0.25, 0.3) is 0 Å². The fourth-order valence-electron chi connectivity index (χ4n) is 1.72. The van der Waals surface area contributed by atoms with E-state index in [4.69, 9.17) is 0 Å². The number of carbonyl (C=O) groups is 1. The highest BCUT2D eigenvalue weighted by atomic mass is 16.3. The van der Waals surface area contributed by atoms with Crippen molar-refractivity contribution in [3.05, 3.63) is 27.2 Å². The predicted octanol–water partition coefficient (Wildman–Crippen LogP) is 2.46. The molecule has 1 aromatic heterocycles. The topological polar surface area (TPSA) is 70.2 Å². The molecule has 0 amide bonds. The van der Waals surface area contributed by atoms with Gasteiger partial charge in [-0.2, -0.15) is 0 Å². The van der Waals surface area contributed by atoms with E-state index in [1.54, 1.807) is 13.8 Å². The van der Waals surface area contributed by atoms with Crippen molar-refractivity contribution in [2.45, 2.75) is 46.5 Å². The third-order valence-corrected chi connectivity index (χ3v) is 2.97. The maximum absolute atomic E-state index is 11.8. The van der Waals surface area contributed by atoms with E-state index in [1.807, 2.05) is 6.92 Å². The van der Waals surface area contributed by atoms with E-state index >= 15 is 0 Å². The summed E-state index contributed by atoms with van der Waals surface area (Å²) in [7, 11) is 0. The summed E-state index contributed by atoms with van der Waals surface area (Å²) in [5.74, 6) is -0.451. The van der Waals surface area contributed by atoms with Crippen molar-refractivity contribution >= 4 is 5.78 Å². The molecule has 0 aliphatic heterocycles. The SMILES string of the molecule is CCCCCC(=O)c1c(O)c(C)c(C)[nH]c1=O. The van der Waals surface area contributed by atoms with Crippen LogP contribution >= 0.6 is 0 Å². The fraction of sp³-hybridized carbons (Fsp3) is 0.538. The van der Waals surface area contributed by atoms with Gasteiger partial charge in [-0.05, 0) is 20.3 Å². The number of nitrogens with one attached hydrogen (secondary N) is 1. The normalized spacial score (nSPS) is 10.5. The molecule has 1 heterocycles. The van der Waals surface area contributed by atoms with E-state index in [-0.39, 0.29) is 17.1 Å². The largest absolute Gasteiger partial charge is 0.507 e. The van der Waals surface area contributed by atoms with E-state index < -0.39 is 5.56 Å². The van der Waals surface area contributed by atoms with Gasteiger partial charge in [0.15, 0.2) is 5.78 Å². The quantitative estimate of drug-likeness (QED) is 0.610. The Hall–Kier alpha value is -1.58. The molecule has 0 spiro atoms. The molecule has 0 unspecified atom stereocenters. The average Bonchev–Trinajstić information content (AvgIpc) is 2.26. The summed E-state index contributed by atoms with van der Waals surface area (Å²) >= 11 is 0. The Morgan fingerprint density at radius 3 is 2.53 bits per heavy atom. The molecule has 94 valence electrons. The van der Waals surface area contributed by atoms with Gasteiger partial charge >= 0.3 is 0 Å². The lowest BCUT2D eigenvalue weighted by Crippen LogP contribution is -2.19. The molecule has 0 aliphatic rings. The lowest BCUT2D eigenvalue weighted by molar-refractivity contribution is 0.0975. The van der Waals surface area contributed by atoms with Crippen LogP contribution in [-0.2, 0) is 0 Å². The van der Waals surface area contributed by atoms with Gasteiger partial charge in [0.2, 0.25) is 0 Å². The molecule has 0 aliphatic carbocycles. The number of unbranched alkanes of at least 4 members (excludes halogenated alkanes) is 2. The highest BCUT2D eigenvalue weighted by Crippen LogP contribution is 2.22. The number of pyridine rings is 1. The molecule has 0 aromatic carbocycles. The smallest absolute Gasteiger partial charge is 0.262 e. The molecule has 0 saturated carbocycles. The number of aromatic amines is 1. The molecule has 0 atom stereocenters. The minimum absolute atomic E-state index is 0.0933. The van der Waals surface area contributed by atoms with Gasteiger partial charge in [0.25, 0.3) is 5.56 Å². The summed E-state index contributed by atoms with van der Waals surface area (Å²) in [6.07, 6.45) is 3.03. The summed E-state index contributed by atoms with van der Waals surface area (Å²) < 4.78 is 0. The summed E-state index contributed by atoms with van der Waals surface area (Å²) in [4.78, 5) is 26.1. The van der Waals surface area contributed by atoms with Gasteiger partial charge in [-0.25, -0.2) is 0 Å². The van der Waals surface area contributed by atoms with E-state index in [9.17, 15) is 14.7 Å². The first kappa shape index (κ1) is 13.5. The Balaban J connectivity index is 3.02. The number of hydrogen-bond acceptors (Lipinski definition) is 3. The summed E-state index contributed by atoms with van der Waals surface area (Å²) in [5, 5.41) is 9.85. The van der Waals surface area contributed by atoms with Crippen molar-refractivity contribution in [1.29, 1.82) is 0 Å².